The summed E-state index contributed by atoms with van der Waals surface area (Å²) in [6.45, 7) is 3.35. The number of aromatic nitrogens is 3. The number of carbonyl (C=O) groups excluding carboxylic acids is 5. The van der Waals surface area contributed by atoms with Crippen molar-refractivity contribution >= 4 is 29.2 Å². The minimum absolute atomic E-state index is 0.0544. The van der Waals surface area contributed by atoms with Gasteiger partial charge in [-0.15, -0.1) is 0 Å². The van der Waals surface area contributed by atoms with E-state index in [2.05, 4.69) is 15.6 Å². The monoisotopic (exact) mass is 595 g/mol. The zero-order chi connectivity index (χ0) is 31.6. The topological polar surface area (TPSA) is 149 Å². The number of hydrogen-bond donors (Lipinski definition) is 2. The highest BCUT2D eigenvalue weighted by molar-refractivity contribution is 6.36. The largest absolute Gasteiger partial charge is 0.417 e. The Morgan fingerprint density at radius 1 is 1.05 bits per heavy atom. The molecule has 11 nitrogen and oxygen atoms in total. The van der Waals surface area contributed by atoms with E-state index in [-0.39, 0.29) is 24.5 Å². The average molecular weight is 596 g/mol. The van der Waals surface area contributed by atoms with Gasteiger partial charge in [0.25, 0.3) is 17.4 Å². The molecular weight excluding hydrogens is 559 g/mol. The number of Topliss-reactive ketones (excluding diaryl/α,β-unsaturated/α-hetero) is 3. The van der Waals surface area contributed by atoms with Crippen molar-refractivity contribution in [3.8, 4) is 0 Å². The van der Waals surface area contributed by atoms with Gasteiger partial charge in [0.05, 0.1) is 30.7 Å². The number of nitrogens with one attached hydrogen (secondary N) is 2. The molecule has 0 aliphatic carbocycles. The number of alkyl halides is 3. The van der Waals surface area contributed by atoms with Crippen molar-refractivity contribution in [1.82, 2.24) is 24.8 Å². The van der Waals surface area contributed by atoms with Crippen molar-refractivity contribution in [3.05, 3.63) is 52.0 Å². The molecular formula is C28H36F3N5O6. The molecule has 0 aromatic carbocycles. The van der Waals surface area contributed by atoms with E-state index in [4.69, 9.17) is 0 Å². The highest BCUT2D eigenvalue weighted by atomic mass is 19.4. The summed E-state index contributed by atoms with van der Waals surface area (Å²) in [5.74, 6) is -3.57. The predicted molar refractivity (Wildman–Crippen MR) is 145 cm³/mol. The number of rotatable bonds is 16. The second-order valence-corrected chi connectivity index (χ2v) is 10.0. The Kier molecular flexibility index (Phi) is 12.4. The Hall–Kier alpha value is -4.10. The fourth-order valence-electron chi connectivity index (χ4n) is 4.39. The second-order valence-electron chi connectivity index (χ2n) is 10.0. The number of likely N-dealkylation sites (N-methyl/N-ethyl adjacent to an activating group) is 1. The van der Waals surface area contributed by atoms with Gasteiger partial charge < -0.3 is 19.8 Å². The maximum absolute atomic E-state index is 13.7. The molecule has 0 aliphatic heterocycles. The number of hydrogen-bond acceptors (Lipinski definition) is 7. The van der Waals surface area contributed by atoms with Gasteiger partial charge in [-0.25, -0.2) is 4.98 Å². The first-order valence-corrected chi connectivity index (χ1v) is 13.6. The van der Waals surface area contributed by atoms with E-state index in [1.165, 1.54) is 31.2 Å². The minimum atomic E-state index is -4.88. The fourth-order valence-corrected chi connectivity index (χ4v) is 4.39. The summed E-state index contributed by atoms with van der Waals surface area (Å²) in [7, 11) is 2.76. The molecule has 2 amide bonds. The second kappa shape index (κ2) is 15.2. The van der Waals surface area contributed by atoms with Crippen molar-refractivity contribution in [2.24, 2.45) is 13.0 Å². The SMILES string of the molecule is CCC(CC)CCC(=O)Cn1cc(C(F)(F)F)cc(CC(=O)[C@H](CCC(=O)C(=O)NC)NC(=O)c2cncn2C)c1=O. The van der Waals surface area contributed by atoms with E-state index in [0.717, 1.165) is 12.8 Å². The maximum Gasteiger partial charge on any atom is 0.417 e. The molecule has 0 radical (unpaired) electrons. The molecule has 0 unspecified atom stereocenters. The predicted octanol–water partition coefficient (Wildman–Crippen LogP) is 2.39. The molecule has 2 rings (SSSR count). The number of imidazole rings is 1. The van der Waals surface area contributed by atoms with Crippen molar-refractivity contribution in [1.29, 1.82) is 0 Å². The van der Waals surface area contributed by atoms with Gasteiger partial charge in [0.2, 0.25) is 5.78 Å². The number of ketones is 3. The summed E-state index contributed by atoms with van der Waals surface area (Å²) in [5.41, 5.74) is -2.65. The van der Waals surface area contributed by atoms with Crippen LogP contribution in [0.15, 0.2) is 29.6 Å². The lowest BCUT2D eigenvalue weighted by Gasteiger charge is -2.19. The molecule has 1 atom stereocenters. The van der Waals surface area contributed by atoms with E-state index in [9.17, 15) is 41.9 Å². The van der Waals surface area contributed by atoms with E-state index in [0.29, 0.717) is 23.3 Å². The van der Waals surface area contributed by atoms with E-state index in [1.807, 2.05) is 13.8 Å². The van der Waals surface area contributed by atoms with Crippen molar-refractivity contribution < 1.29 is 37.1 Å². The Balaban J connectivity index is 2.37. The lowest BCUT2D eigenvalue weighted by Crippen LogP contribution is -2.43. The van der Waals surface area contributed by atoms with Crippen LogP contribution in [-0.4, -0.2) is 56.4 Å². The number of carbonyl (C=O) groups is 5. The number of halogens is 3. The zero-order valence-corrected chi connectivity index (χ0v) is 24.0. The van der Waals surface area contributed by atoms with Crippen LogP contribution in [0.25, 0.3) is 0 Å². The van der Waals surface area contributed by atoms with Gasteiger partial charge in [-0.1, -0.05) is 26.7 Å². The van der Waals surface area contributed by atoms with E-state index < -0.39 is 77.5 Å². The van der Waals surface area contributed by atoms with Gasteiger partial charge in [0, 0.05) is 45.1 Å². The average Bonchev–Trinajstić information content (AvgIpc) is 3.37. The zero-order valence-electron chi connectivity index (χ0n) is 24.0. The highest BCUT2D eigenvalue weighted by Crippen LogP contribution is 2.29. The Bertz CT molecular complexity index is 1360. The summed E-state index contributed by atoms with van der Waals surface area (Å²) in [5, 5.41) is 4.57. The molecule has 2 N–H and O–H groups in total. The molecule has 0 bridgehead atoms. The van der Waals surface area contributed by atoms with Crippen molar-refractivity contribution in [3.63, 3.8) is 0 Å². The Labute approximate surface area is 240 Å². The van der Waals surface area contributed by atoms with Crippen LogP contribution >= 0.6 is 0 Å². The lowest BCUT2D eigenvalue weighted by molar-refractivity contribution is -0.138. The number of pyridine rings is 1. The maximum atomic E-state index is 13.7. The van der Waals surface area contributed by atoms with Crippen LogP contribution in [-0.2, 0) is 45.4 Å². The van der Waals surface area contributed by atoms with Crippen LogP contribution in [0.3, 0.4) is 0 Å². The molecule has 0 saturated carbocycles. The molecule has 230 valence electrons. The van der Waals surface area contributed by atoms with E-state index in [1.54, 1.807) is 0 Å². The molecule has 0 saturated heterocycles. The van der Waals surface area contributed by atoms with Gasteiger partial charge in [0.15, 0.2) is 11.6 Å². The van der Waals surface area contributed by atoms with Crippen LogP contribution in [0.2, 0.25) is 0 Å². The standard InChI is InChI=1S/C28H36F3N5O6/c1-5-17(6-2)7-8-20(37)15-36-14-19(28(29,30)31)11-18(27(36)42)12-24(39)21(9-10-23(38)26(41)32-3)34-25(40)22-13-33-16-35(22)4/h11,13-14,16-17,21H,5-10,12,15H2,1-4H3,(H,32,41)(H,34,40)/t21-/m0/s1. The van der Waals surface area contributed by atoms with Crippen molar-refractivity contribution in [2.75, 3.05) is 7.05 Å². The molecule has 0 spiro atoms. The highest BCUT2D eigenvalue weighted by Gasteiger charge is 2.33. The quantitative estimate of drug-likeness (QED) is 0.283. The third-order valence-corrected chi connectivity index (χ3v) is 7.07. The number of nitrogens with zero attached hydrogens (tertiary/aromatic N) is 3. The summed E-state index contributed by atoms with van der Waals surface area (Å²) in [4.78, 5) is 79.3. The summed E-state index contributed by atoms with van der Waals surface area (Å²) >= 11 is 0. The van der Waals surface area contributed by atoms with Crippen LogP contribution < -0.4 is 16.2 Å². The molecule has 2 aromatic rings. The normalized spacial score (nSPS) is 12.2. The Morgan fingerprint density at radius 2 is 1.71 bits per heavy atom. The fraction of sp³-hybridized carbons (Fsp3) is 0.536. The van der Waals surface area contributed by atoms with Crippen LogP contribution in [0.1, 0.15) is 74.0 Å². The molecule has 2 aromatic heterocycles. The van der Waals surface area contributed by atoms with Crippen molar-refractivity contribution in [2.45, 2.75) is 77.6 Å². The smallest absolute Gasteiger partial charge is 0.353 e. The van der Waals surface area contributed by atoms with Crippen LogP contribution in [0.4, 0.5) is 13.2 Å². The summed E-state index contributed by atoms with van der Waals surface area (Å²) in [6, 6.07) is -0.883. The third kappa shape index (κ3) is 9.48. The van der Waals surface area contributed by atoms with Crippen LogP contribution in [0.5, 0.6) is 0 Å². The minimum Gasteiger partial charge on any atom is -0.353 e. The van der Waals surface area contributed by atoms with Gasteiger partial charge in [-0.05, 0) is 24.8 Å². The van der Waals surface area contributed by atoms with E-state index >= 15 is 0 Å². The lowest BCUT2D eigenvalue weighted by atomic mass is 9.96. The van der Waals surface area contributed by atoms with Crippen LogP contribution in [0, 0.1) is 5.92 Å². The number of amides is 2. The first kappa shape index (κ1) is 34.1. The molecule has 0 fully saturated rings. The van der Waals surface area contributed by atoms with Gasteiger partial charge in [-0.3, -0.25) is 28.8 Å². The first-order valence-electron chi connectivity index (χ1n) is 13.6. The molecule has 2 heterocycles. The summed E-state index contributed by atoms with van der Waals surface area (Å²) < 4.78 is 43.2. The van der Waals surface area contributed by atoms with Gasteiger partial charge >= 0.3 is 6.18 Å². The molecule has 14 heteroatoms. The van der Waals surface area contributed by atoms with Gasteiger partial charge in [0.1, 0.15) is 5.69 Å². The Morgan fingerprint density at radius 3 is 2.26 bits per heavy atom. The summed E-state index contributed by atoms with van der Waals surface area (Å²) in [6.07, 6.45) is -1.10. The third-order valence-electron chi connectivity index (χ3n) is 7.07. The van der Waals surface area contributed by atoms with Gasteiger partial charge in [-0.2, -0.15) is 13.2 Å². The first-order chi connectivity index (χ1) is 19.7. The number of aryl methyl sites for hydroxylation is 1. The molecule has 0 aliphatic rings. The molecule has 42 heavy (non-hydrogen) atoms.